The minimum atomic E-state index is -0.226. The maximum atomic E-state index is 12.7. The van der Waals surface area contributed by atoms with Crippen LogP contribution < -0.4 is 10.6 Å². The van der Waals surface area contributed by atoms with Gasteiger partial charge in [-0.1, -0.05) is 6.07 Å². The van der Waals surface area contributed by atoms with Gasteiger partial charge in [0.1, 0.15) is 11.6 Å². The number of aromatic nitrogens is 1. The van der Waals surface area contributed by atoms with Crippen LogP contribution in [-0.2, 0) is 6.54 Å². The highest BCUT2D eigenvalue weighted by Gasteiger charge is 1.96. The Morgan fingerprint density at radius 1 is 1.12 bits per heavy atom. The summed E-state index contributed by atoms with van der Waals surface area (Å²) in [5, 5.41) is 6.16. The van der Waals surface area contributed by atoms with Gasteiger partial charge in [-0.2, -0.15) is 0 Å². The van der Waals surface area contributed by atoms with Crippen LogP contribution in [0.3, 0.4) is 0 Å². The molecule has 0 saturated heterocycles. The summed E-state index contributed by atoms with van der Waals surface area (Å²) in [5.74, 6) is 0.617. The molecule has 0 aliphatic rings. The lowest BCUT2D eigenvalue weighted by atomic mass is 10.2. The minimum absolute atomic E-state index is 0.226. The molecular formula is C13H14FN3. The van der Waals surface area contributed by atoms with Crippen LogP contribution in [0.15, 0.2) is 42.6 Å². The number of pyridine rings is 1. The average Bonchev–Trinajstić information content (AvgIpc) is 2.39. The number of hydrogen-bond donors (Lipinski definition) is 2. The third-order valence-corrected chi connectivity index (χ3v) is 2.42. The van der Waals surface area contributed by atoms with E-state index >= 15 is 0 Å². The van der Waals surface area contributed by atoms with E-state index in [9.17, 15) is 4.39 Å². The van der Waals surface area contributed by atoms with E-state index in [0.717, 1.165) is 17.1 Å². The van der Waals surface area contributed by atoms with Crippen LogP contribution in [-0.4, -0.2) is 12.0 Å². The van der Waals surface area contributed by atoms with Crippen molar-refractivity contribution in [3.8, 4) is 0 Å². The van der Waals surface area contributed by atoms with Crippen molar-refractivity contribution in [1.82, 2.24) is 4.98 Å². The summed E-state index contributed by atoms with van der Waals surface area (Å²) in [5.41, 5.74) is 1.97. The van der Waals surface area contributed by atoms with Crippen molar-refractivity contribution < 1.29 is 4.39 Å². The van der Waals surface area contributed by atoms with Gasteiger partial charge in [-0.3, -0.25) is 0 Å². The first-order valence-electron chi connectivity index (χ1n) is 5.40. The molecule has 2 aromatic rings. The average molecular weight is 231 g/mol. The van der Waals surface area contributed by atoms with Crippen LogP contribution >= 0.6 is 0 Å². The number of nitrogens with one attached hydrogen (secondary N) is 2. The predicted molar refractivity (Wildman–Crippen MR) is 67.5 cm³/mol. The lowest BCUT2D eigenvalue weighted by Gasteiger charge is -2.06. The lowest BCUT2D eigenvalue weighted by molar-refractivity contribution is 0.628. The molecule has 4 heteroatoms. The Morgan fingerprint density at radius 3 is 2.47 bits per heavy atom. The van der Waals surface area contributed by atoms with E-state index in [4.69, 9.17) is 0 Å². The molecule has 0 spiro atoms. The highest BCUT2D eigenvalue weighted by atomic mass is 19.1. The van der Waals surface area contributed by atoms with E-state index in [0.29, 0.717) is 6.54 Å². The van der Waals surface area contributed by atoms with E-state index in [2.05, 4.69) is 15.6 Å². The second-order valence-corrected chi connectivity index (χ2v) is 3.66. The zero-order valence-electron chi connectivity index (χ0n) is 9.57. The lowest BCUT2D eigenvalue weighted by Crippen LogP contribution is -2.00. The number of hydrogen-bond acceptors (Lipinski definition) is 3. The van der Waals surface area contributed by atoms with Crippen molar-refractivity contribution in [3.63, 3.8) is 0 Å². The predicted octanol–water partition coefficient (Wildman–Crippen LogP) is 2.87. The molecule has 0 atom stereocenters. The minimum Gasteiger partial charge on any atom is -0.381 e. The SMILES string of the molecule is CNc1ccc(CNc2ccc(F)cc2)cn1. The van der Waals surface area contributed by atoms with Gasteiger partial charge in [0.05, 0.1) is 0 Å². The van der Waals surface area contributed by atoms with Gasteiger partial charge in [0, 0.05) is 25.5 Å². The molecule has 0 amide bonds. The number of nitrogens with zero attached hydrogens (tertiary/aromatic N) is 1. The van der Waals surface area contributed by atoms with Gasteiger partial charge in [-0.05, 0) is 35.9 Å². The van der Waals surface area contributed by atoms with Crippen molar-refractivity contribution >= 4 is 11.5 Å². The van der Waals surface area contributed by atoms with Crippen LogP contribution in [0.5, 0.6) is 0 Å². The molecule has 2 N–H and O–H groups in total. The van der Waals surface area contributed by atoms with Gasteiger partial charge in [-0.25, -0.2) is 9.37 Å². The van der Waals surface area contributed by atoms with Gasteiger partial charge in [0.2, 0.25) is 0 Å². The van der Waals surface area contributed by atoms with Crippen molar-refractivity contribution in [2.24, 2.45) is 0 Å². The molecule has 2 rings (SSSR count). The van der Waals surface area contributed by atoms with Crippen LogP contribution in [0.4, 0.5) is 15.9 Å². The molecule has 17 heavy (non-hydrogen) atoms. The van der Waals surface area contributed by atoms with E-state index in [1.54, 1.807) is 12.1 Å². The fraction of sp³-hybridized carbons (Fsp3) is 0.154. The van der Waals surface area contributed by atoms with Crippen LogP contribution in [0.25, 0.3) is 0 Å². The summed E-state index contributed by atoms with van der Waals surface area (Å²) in [6.07, 6.45) is 1.81. The van der Waals surface area contributed by atoms with E-state index in [-0.39, 0.29) is 5.82 Å². The molecule has 1 aromatic carbocycles. The summed E-state index contributed by atoms with van der Waals surface area (Å²) in [6.45, 7) is 0.669. The molecule has 0 unspecified atom stereocenters. The zero-order chi connectivity index (χ0) is 12.1. The number of anilines is 2. The molecule has 1 aromatic heterocycles. The number of rotatable bonds is 4. The highest BCUT2D eigenvalue weighted by Crippen LogP contribution is 2.10. The molecule has 0 saturated carbocycles. The van der Waals surface area contributed by atoms with Crippen molar-refractivity contribution in [2.45, 2.75) is 6.54 Å². The monoisotopic (exact) mass is 231 g/mol. The van der Waals surface area contributed by atoms with Crippen molar-refractivity contribution in [1.29, 1.82) is 0 Å². The molecule has 0 radical (unpaired) electrons. The second kappa shape index (κ2) is 5.30. The second-order valence-electron chi connectivity index (χ2n) is 3.66. The summed E-state index contributed by atoms with van der Waals surface area (Å²) in [6, 6.07) is 10.2. The van der Waals surface area contributed by atoms with Crippen LogP contribution in [0.2, 0.25) is 0 Å². The smallest absolute Gasteiger partial charge is 0.125 e. The quantitative estimate of drug-likeness (QED) is 0.849. The Bertz CT molecular complexity index is 465. The molecular weight excluding hydrogens is 217 g/mol. The number of benzene rings is 1. The normalized spacial score (nSPS) is 10.0. The van der Waals surface area contributed by atoms with Gasteiger partial charge >= 0.3 is 0 Å². The van der Waals surface area contributed by atoms with E-state index in [1.807, 2.05) is 25.4 Å². The standard InChI is InChI=1S/C13H14FN3/c1-15-13-7-2-10(9-17-13)8-16-12-5-3-11(14)4-6-12/h2-7,9,16H,8H2,1H3,(H,15,17). The largest absolute Gasteiger partial charge is 0.381 e. The Labute approximate surface area is 99.7 Å². The summed E-state index contributed by atoms with van der Waals surface area (Å²) in [4.78, 5) is 4.21. The summed E-state index contributed by atoms with van der Waals surface area (Å²) < 4.78 is 12.7. The molecule has 88 valence electrons. The maximum Gasteiger partial charge on any atom is 0.125 e. The molecule has 3 nitrogen and oxygen atoms in total. The molecule has 0 fully saturated rings. The first kappa shape index (κ1) is 11.4. The van der Waals surface area contributed by atoms with Gasteiger partial charge in [0.25, 0.3) is 0 Å². The first-order valence-corrected chi connectivity index (χ1v) is 5.40. The fourth-order valence-electron chi connectivity index (χ4n) is 1.45. The Morgan fingerprint density at radius 2 is 1.88 bits per heavy atom. The fourth-order valence-corrected chi connectivity index (χ4v) is 1.45. The van der Waals surface area contributed by atoms with Crippen LogP contribution in [0.1, 0.15) is 5.56 Å². The Balaban J connectivity index is 1.95. The van der Waals surface area contributed by atoms with Crippen molar-refractivity contribution in [2.75, 3.05) is 17.7 Å². The first-order chi connectivity index (χ1) is 8.28. The molecule has 0 aliphatic carbocycles. The van der Waals surface area contributed by atoms with Crippen molar-refractivity contribution in [3.05, 3.63) is 54.0 Å². The Kier molecular flexibility index (Phi) is 3.55. The Hall–Kier alpha value is -2.10. The van der Waals surface area contributed by atoms with Gasteiger partial charge in [0.15, 0.2) is 0 Å². The molecule has 1 heterocycles. The van der Waals surface area contributed by atoms with Gasteiger partial charge in [-0.15, -0.1) is 0 Å². The topological polar surface area (TPSA) is 37.0 Å². The summed E-state index contributed by atoms with van der Waals surface area (Å²) in [7, 11) is 1.83. The van der Waals surface area contributed by atoms with E-state index < -0.39 is 0 Å². The molecule has 0 bridgehead atoms. The maximum absolute atomic E-state index is 12.7. The van der Waals surface area contributed by atoms with Gasteiger partial charge < -0.3 is 10.6 Å². The highest BCUT2D eigenvalue weighted by molar-refractivity contribution is 5.44. The van der Waals surface area contributed by atoms with E-state index in [1.165, 1.54) is 12.1 Å². The number of halogens is 1. The third kappa shape index (κ3) is 3.17. The summed E-state index contributed by atoms with van der Waals surface area (Å²) >= 11 is 0. The van der Waals surface area contributed by atoms with Crippen LogP contribution in [0, 0.1) is 5.82 Å². The molecule has 0 aliphatic heterocycles. The zero-order valence-corrected chi connectivity index (χ0v) is 9.57. The third-order valence-electron chi connectivity index (χ3n) is 2.42.